The summed E-state index contributed by atoms with van der Waals surface area (Å²) in [5, 5.41) is 13.9. The fourth-order valence-electron chi connectivity index (χ4n) is 3.03. The maximum atomic E-state index is 12.7. The first-order valence-electron chi connectivity index (χ1n) is 7.75. The standard InChI is InChI=1S/C16H25N3O3/c1-10(2)12-8-13(18(5)17-12)14(20)19-7-6-16(9-19,11(3)4)15(21)22/h8,10-11H,6-7,9H2,1-5H3,(H,21,22). The maximum absolute atomic E-state index is 12.7. The Morgan fingerprint density at radius 3 is 2.36 bits per heavy atom. The Morgan fingerprint density at radius 2 is 1.95 bits per heavy atom. The van der Waals surface area contributed by atoms with Gasteiger partial charge in [0, 0.05) is 20.1 Å². The Kier molecular flexibility index (Phi) is 4.31. The Hall–Kier alpha value is -1.85. The van der Waals surface area contributed by atoms with Gasteiger partial charge in [-0.3, -0.25) is 14.3 Å². The normalized spacial score (nSPS) is 21.9. The van der Waals surface area contributed by atoms with Gasteiger partial charge in [0.1, 0.15) is 5.69 Å². The van der Waals surface area contributed by atoms with E-state index in [1.165, 1.54) is 0 Å². The van der Waals surface area contributed by atoms with Gasteiger partial charge in [-0.25, -0.2) is 0 Å². The predicted octanol–water partition coefficient (Wildman–Crippen LogP) is 2.12. The molecule has 1 aromatic heterocycles. The van der Waals surface area contributed by atoms with Crippen molar-refractivity contribution in [3.63, 3.8) is 0 Å². The quantitative estimate of drug-likeness (QED) is 0.924. The van der Waals surface area contributed by atoms with Gasteiger partial charge >= 0.3 is 5.97 Å². The molecule has 0 spiro atoms. The molecule has 0 bridgehead atoms. The summed E-state index contributed by atoms with van der Waals surface area (Å²) in [6, 6.07) is 1.81. The number of rotatable bonds is 4. The molecule has 2 rings (SSSR count). The van der Waals surface area contributed by atoms with Gasteiger partial charge in [-0.1, -0.05) is 27.7 Å². The summed E-state index contributed by atoms with van der Waals surface area (Å²) in [4.78, 5) is 26.0. The van der Waals surface area contributed by atoms with E-state index < -0.39 is 11.4 Å². The van der Waals surface area contributed by atoms with Crippen molar-refractivity contribution in [2.24, 2.45) is 18.4 Å². The average molecular weight is 307 g/mol. The molecule has 1 aliphatic rings. The highest BCUT2D eigenvalue weighted by Gasteiger charge is 2.48. The lowest BCUT2D eigenvalue weighted by molar-refractivity contribution is -0.150. The van der Waals surface area contributed by atoms with Crippen molar-refractivity contribution in [1.82, 2.24) is 14.7 Å². The van der Waals surface area contributed by atoms with Crippen molar-refractivity contribution in [2.45, 2.75) is 40.0 Å². The van der Waals surface area contributed by atoms with E-state index in [1.807, 2.05) is 33.8 Å². The first-order valence-corrected chi connectivity index (χ1v) is 7.75. The molecule has 6 heteroatoms. The number of carbonyl (C=O) groups is 2. The van der Waals surface area contributed by atoms with Gasteiger partial charge in [0.2, 0.25) is 0 Å². The number of nitrogens with zero attached hydrogens (tertiary/aromatic N) is 3. The van der Waals surface area contributed by atoms with Crippen LogP contribution in [-0.4, -0.2) is 44.8 Å². The smallest absolute Gasteiger partial charge is 0.311 e. The lowest BCUT2D eigenvalue weighted by atomic mass is 9.76. The molecule has 22 heavy (non-hydrogen) atoms. The molecule has 1 atom stereocenters. The summed E-state index contributed by atoms with van der Waals surface area (Å²) < 4.78 is 1.59. The van der Waals surface area contributed by atoms with Crippen molar-refractivity contribution in [1.29, 1.82) is 0 Å². The van der Waals surface area contributed by atoms with Crippen LogP contribution in [0.4, 0.5) is 0 Å². The van der Waals surface area contributed by atoms with E-state index in [0.717, 1.165) is 5.69 Å². The number of hydrogen-bond donors (Lipinski definition) is 1. The Labute approximate surface area is 131 Å². The molecule has 1 N–H and O–H groups in total. The molecule has 2 heterocycles. The topological polar surface area (TPSA) is 75.4 Å². The number of carboxylic acids is 1. The second-order valence-corrected chi connectivity index (χ2v) is 6.83. The molecular formula is C16H25N3O3. The molecular weight excluding hydrogens is 282 g/mol. The lowest BCUT2D eigenvalue weighted by Crippen LogP contribution is -2.40. The minimum Gasteiger partial charge on any atom is -0.481 e. The van der Waals surface area contributed by atoms with Crippen molar-refractivity contribution in [3.8, 4) is 0 Å². The molecule has 6 nitrogen and oxygen atoms in total. The Bertz CT molecular complexity index is 591. The van der Waals surface area contributed by atoms with Gasteiger partial charge in [0.15, 0.2) is 0 Å². The van der Waals surface area contributed by atoms with Crippen LogP contribution in [0.1, 0.15) is 56.2 Å². The van der Waals surface area contributed by atoms with Crippen LogP contribution in [-0.2, 0) is 11.8 Å². The van der Waals surface area contributed by atoms with E-state index in [0.29, 0.717) is 18.7 Å². The molecule has 0 aromatic carbocycles. The molecule has 1 amide bonds. The number of hydrogen-bond acceptors (Lipinski definition) is 3. The summed E-state index contributed by atoms with van der Waals surface area (Å²) in [6.45, 7) is 8.61. The van der Waals surface area contributed by atoms with Crippen LogP contribution in [0.25, 0.3) is 0 Å². The molecule has 0 saturated carbocycles. The van der Waals surface area contributed by atoms with Gasteiger partial charge in [0.05, 0.1) is 11.1 Å². The predicted molar refractivity (Wildman–Crippen MR) is 82.7 cm³/mol. The number of aliphatic carboxylic acids is 1. The second-order valence-electron chi connectivity index (χ2n) is 6.83. The van der Waals surface area contributed by atoms with E-state index in [1.54, 1.807) is 16.6 Å². The largest absolute Gasteiger partial charge is 0.481 e. The van der Waals surface area contributed by atoms with E-state index in [-0.39, 0.29) is 24.3 Å². The van der Waals surface area contributed by atoms with Crippen molar-refractivity contribution >= 4 is 11.9 Å². The van der Waals surface area contributed by atoms with E-state index in [2.05, 4.69) is 5.10 Å². The SMILES string of the molecule is CC(C)c1cc(C(=O)N2CCC(C(=O)O)(C(C)C)C2)n(C)n1. The number of amides is 1. The molecule has 0 radical (unpaired) electrons. The van der Waals surface area contributed by atoms with E-state index in [9.17, 15) is 14.7 Å². The molecule has 1 saturated heterocycles. The molecule has 1 unspecified atom stereocenters. The molecule has 1 fully saturated rings. The lowest BCUT2D eigenvalue weighted by Gasteiger charge is -2.28. The van der Waals surface area contributed by atoms with E-state index in [4.69, 9.17) is 0 Å². The highest BCUT2D eigenvalue weighted by molar-refractivity contribution is 5.93. The second kappa shape index (κ2) is 5.74. The maximum Gasteiger partial charge on any atom is 0.311 e. The van der Waals surface area contributed by atoms with E-state index >= 15 is 0 Å². The van der Waals surface area contributed by atoms with Crippen LogP contribution in [0.3, 0.4) is 0 Å². The Morgan fingerprint density at radius 1 is 1.32 bits per heavy atom. The number of carboxylic acid groups (broad SMARTS) is 1. The van der Waals surface area contributed by atoms with Gasteiger partial charge in [0.25, 0.3) is 5.91 Å². The first-order chi connectivity index (χ1) is 10.2. The minimum absolute atomic E-state index is 0.0134. The van der Waals surface area contributed by atoms with Crippen molar-refractivity contribution < 1.29 is 14.7 Å². The number of aromatic nitrogens is 2. The third-order valence-corrected chi connectivity index (χ3v) is 4.83. The molecule has 1 aromatic rings. The van der Waals surface area contributed by atoms with Gasteiger partial charge < -0.3 is 10.0 Å². The summed E-state index contributed by atoms with van der Waals surface area (Å²) in [7, 11) is 1.75. The number of carbonyl (C=O) groups excluding carboxylic acids is 1. The van der Waals surface area contributed by atoms with Crippen LogP contribution >= 0.6 is 0 Å². The monoisotopic (exact) mass is 307 g/mol. The van der Waals surface area contributed by atoms with Crippen LogP contribution in [0.5, 0.6) is 0 Å². The van der Waals surface area contributed by atoms with Crippen LogP contribution in [0.2, 0.25) is 0 Å². The highest BCUT2D eigenvalue weighted by Crippen LogP contribution is 2.38. The fraction of sp³-hybridized carbons (Fsp3) is 0.688. The molecule has 1 aliphatic heterocycles. The number of likely N-dealkylation sites (tertiary alicyclic amines) is 1. The minimum atomic E-state index is -0.838. The summed E-state index contributed by atoms with van der Waals surface area (Å²) in [5.74, 6) is -0.711. The van der Waals surface area contributed by atoms with Crippen LogP contribution in [0, 0.1) is 11.3 Å². The molecule has 122 valence electrons. The fourth-order valence-corrected chi connectivity index (χ4v) is 3.03. The van der Waals surface area contributed by atoms with Gasteiger partial charge in [-0.05, 0) is 24.3 Å². The zero-order valence-corrected chi connectivity index (χ0v) is 14.0. The van der Waals surface area contributed by atoms with Gasteiger partial charge in [-0.2, -0.15) is 5.10 Å². The average Bonchev–Trinajstić information content (AvgIpc) is 3.02. The van der Waals surface area contributed by atoms with Crippen LogP contribution < -0.4 is 0 Å². The summed E-state index contributed by atoms with van der Waals surface area (Å²) in [5.41, 5.74) is 0.557. The summed E-state index contributed by atoms with van der Waals surface area (Å²) >= 11 is 0. The zero-order chi connectivity index (χ0) is 16.7. The zero-order valence-electron chi connectivity index (χ0n) is 14.0. The Balaban J connectivity index is 2.24. The number of aryl methyl sites for hydroxylation is 1. The van der Waals surface area contributed by atoms with Crippen molar-refractivity contribution in [3.05, 3.63) is 17.5 Å². The highest BCUT2D eigenvalue weighted by atomic mass is 16.4. The third-order valence-electron chi connectivity index (χ3n) is 4.83. The van der Waals surface area contributed by atoms with Crippen molar-refractivity contribution in [2.75, 3.05) is 13.1 Å². The first kappa shape index (κ1) is 16.5. The van der Waals surface area contributed by atoms with Gasteiger partial charge in [-0.15, -0.1) is 0 Å². The van der Waals surface area contributed by atoms with Crippen LogP contribution in [0.15, 0.2) is 6.07 Å². The molecule has 0 aliphatic carbocycles. The third kappa shape index (κ3) is 2.62. The summed E-state index contributed by atoms with van der Waals surface area (Å²) in [6.07, 6.45) is 0.501.